The van der Waals surface area contributed by atoms with Gasteiger partial charge in [-0.3, -0.25) is 4.99 Å². The lowest BCUT2D eigenvalue weighted by Crippen LogP contribution is -1.79. The summed E-state index contributed by atoms with van der Waals surface area (Å²) >= 11 is 0. The van der Waals surface area contributed by atoms with E-state index in [0.717, 1.165) is 28.0 Å². The van der Waals surface area contributed by atoms with Crippen molar-refractivity contribution in [2.24, 2.45) is 4.99 Å². The van der Waals surface area contributed by atoms with Crippen LogP contribution in [-0.4, -0.2) is 11.3 Å². The largest absolute Gasteiger partial charge is 0.508 e. The van der Waals surface area contributed by atoms with Gasteiger partial charge in [0, 0.05) is 5.56 Å². The predicted molar refractivity (Wildman–Crippen MR) is 102 cm³/mol. The van der Waals surface area contributed by atoms with Gasteiger partial charge in [0.05, 0.1) is 11.9 Å². The number of aryl methyl sites for hydroxylation is 1. The molecule has 1 heterocycles. The molecular weight excluding hydrogens is 310 g/mol. The first-order valence-electron chi connectivity index (χ1n) is 8.12. The van der Waals surface area contributed by atoms with E-state index in [1.54, 1.807) is 24.4 Å². The van der Waals surface area contributed by atoms with Crippen molar-refractivity contribution in [2.45, 2.75) is 6.92 Å². The summed E-state index contributed by atoms with van der Waals surface area (Å²) in [5, 5.41) is 11.8. The summed E-state index contributed by atoms with van der Waals surface area (Å²) in [6.45, 7) is 1.91. The molecule has 0 aliphatic rings. The Kier molecular flexibility index (Phi) is 3.82. The third kappa shape index (κ3) is 3.04. The number of benzene rings is 3. The van der Waals surface area contributed by atoms with Crippen LogP contribution in [0.3, 0.4) is 0 Å². The SMILES string of the molecule is Cc1cc(O)ccc1N=Cc1ccc(-c2cccc3ccccc23)o1. The molecule has 25 heavy (non-hydrogen) atoms. The summed E-state index contributed by atoms with van der Waals surface area (Å²) in [5.74, 6) is 1.75. The highest BCUT2D eigenvalue weighted by Crippen LogP contribution is 2.30. The predicted octanol–water partition coefficient (Wildman–Crippen LogP) is 5.86. The van der Waals surface area contributed by atoms with Crippen LogP contribution in [0, 0.1) is 6.92 Å². The highest BCUT2D eigenvalue weighted by molar-refractivity contribution is 5.95. The van der Waals surface area contributed by atoms with E-state index in [2.05, 4.69) is 29.3 Å². The maximum atomic E-state index is 9.47. The fourth-order valence-electron chi connectivity index (χ4n) is 2.92. The third-order valence-corrected chi connectivity index (χ3v) is 4.19. The first kappa shape index (κ1) is 15.2. The van der Waals surface area contributed by atoms with Gasteiger partial charge in [0.1, 0.15) is 17.3 Å². The molecule has 0 spiro atoms. The molecule has 0 unspecified atom stereocenters. The minimum Gasteiger partial charge on any atom is -0.508 e. The van der Waals surface area contributed by atoms with E-state index in [-0.39, 0.29) is 5.75 Å². The topological polar surface area (TPSA) is 45.7 Å². The summed E-state index contributed by atoms with van der Waals surface area (Å²) < 4.78 is 5.96. The van der Waals surface area contributed by atoms with Crippen molar-refractivity contribution in [1.82, 2.24) is 0 Å². The van der Waals surface area contributed by atoms with Gasteiger partial charge < -0.3 is 9.52 Å². The molecule has 0 atom stereocenters. The molecule has 0 fully saturated rings. The van der Waals surface area contributed by atoms with Crippen LogP contribution in [0.4, 0.5) is 5.69 Å². The molecule has 3 nitrogen and oxygen atoms in total. The number of aromatic hydroxyl groups is 1. The second-order valence-corrected chi connectivity index (χ2v) is 5.96. The summed E-state index contributed by atoms with van der Waals surface area (Å²) in [7, 11) is 0. The second-order valence-electron chi connectivity index (χ2n) is 5.96. The third-order valence-electron chi connectivity index (χ3n) is 4.19. The minimum atomic E-state index is 0.243. The van der Waals surface area contributed by atoms with E-state index in [0.29, 0.717) is 5.76 Å². The smallest absolute Gasteiger partial charge is 0.145 e. The maximum Gasteiger partial charge on any atom is 0.145 e. The average molecular weight is 327 g/mol. The van der Waals surface area contributed by atoms with Gasteiger partial charge in [-0.2, -0.15) is 0 Å². The Morgan fingerprint density at radius 2 is 1.76 bits per heavy atom. The first-order chi connectivity index (χ1) is 12.2. The minimum absolute atomic E-state index is 0.243. The number of fused-ring (bicyclic) bond motifs is 1. The first-order valence-corrected chi connectivity index (χ1v) is 8.12. The van der Waals surface area contributed by atoms with Crippen molar-refractivity contribution >= 4 is 22.7 Å². The van der Waals surface area contributed by atoms with Crippen LogP contribution in [0.5, 0.6) is 5.75 Å². The van der Waals surface area contributed by atoms with E-state index in [1.165, 1.54) is 5.39 Å². The highest BCUT2D eigenvalue weighted by Gasteiger charge is 2.07. The molecule has 0 aliphatic heterocycles. The highest BCUT2D eigenvalue weighted by atomic mass is 16.3. The van der Waals surface area contributed by atoms with Crippen molar-refractivity contribution in [3.8, 4) is 17.1 Å². The molecule has 0 bridgehead atoms. The van der Waals surface area contributed by atoms with Gasteiger partial charge in [-0.25, -0.2) is 0 Å². The van der Waals surface area contributed by atoms with Crippen molar-refractivity contribution in [3.05, 3.63) is 84.1 Å². The van der Waals surface area contributed by atoms with Crippen molar-refractivity contribution in [3.63, 3.8) is 0 Å². The number of hydrogen-bond donors (Lipinski definition) is 1. The van der Waals surface area contributed by atoms with Gasteiger partial charge in [0.15, 0.2) is 0 Å². The zero-order chi connectivity index (χ0) is 17.2. The number of nitrogens with zero attached hydrogens (tertiary/aromatic N) is 1. The van der Waals surface area contributed by atoms with Crippen LogP contribution < -0.4 is 0 Å². The lowest BCUT2D eigenvalue weighted by atomic mass is 10.0. The van der Waals surface area contributed by atoms with Crippen LogP contribution in [0.15, 0.2) is 82.2 Å². The molecule has 3 heteroatoms. The summed E-state index contributed by atoms with van der Waals surface area (Å²) in [6.07, 6.45) is 1.70. The number of rotatable bonds is 3. The van der Waals surface area contributed by atoms with Crippen LogP contribution in [0.25, 0.3) is 22.1 Å². The molecule has 4 rings (SSSR count). The lowest BCUT2D eigenvalue weighted by molar-refractivity contribution is 0.475. The lowest BCUT2D eigenvalue weighted by Gasteiger charge is -2.03. The van der Waals surface area contributed by atoms with Gasteiger partial charge in [-0.15, -0.1) is 0 Å². The van der Waals surface area contributed by atoms with Gasteiger partial charge in [0.25, 0.3) is 0 Å². The fraction of sp³-hybridized carbons (Fsp3) is 0.0455. The molecule has 1 aromatic heterocycles. The molecular formula is C22H17NO2. The van der Waals surface area contributed by atoms with E-state index in [9.17, 15) is 5.11 Å². The Labute approximate surface area is 145 Å². The zero-order valence-electron chi connectivity index (χ0n) is 13.8. The molecule has 4 aromatic rings. The number of phenolic OH excluding ortho intramolecular Hbond substituents is 1. The van der Waals surface area contributed by atoms with E-state index < -0.39 is 0 Å². The quantitative estimate of drug-likeness (QED) is 0.479. The van der Waals surface area contributed by atoms with Crippen LogP contribution >= 0.6 is 0 Å². The molecule has 0 radical (unpaired) electrons. The van der Waals surface area contributed by atoms with Crippen LogP contribution in [0.2, 0.25) is 0 Å². The summed E-state index contributed by atoms with van der Waals surface area (Å²) in [5.41, 5.74) is 2.79. The van der Waals surface area contributed by atoms with Gasteiger partial charge in [-0.1, -0.05) is 42.5 Å². The molecule has 0 saturated carbocycles. The second kappa shape index (κ2) is 6.29. The van der Waals surface area contributed by atoms with Gasteiger partial charge in [0.2, 0.25) is 0 Å². The Hall–Kier alpha value is -3.33. The van der Waals surface area contributed by atoms with Crippen molar-refractivity contribution in [2.75, 3.05) is 0 Å². The van der Waals surface area contributed by atoms with E-state index >= 15 is 0 Å². The standard InChI is InChI=1S/C22H17NO2/c1-15-13-17(24)9-11-21(15)23-14-18-10-12-22(25-18)20-8-4-6-16-5-2-3-7-19(16)20/h2-14,24H,1H3. The summed E-state index contributed by atoms with van der Waals surface area (Å²) in [4.78, 5) is 4.46. The van der Waals surface area contributed by atoms with Gasteiger partial charge >= 0.3 is 0 Å². The Morgan fingerprint density at radius 1 is 0.920 bits per heavy atom. The molecule has 3 aromatic carbocycles. The van der Waals surface area contributed by atoms with Gasteiger partial charge in [-0.05, 0) is 53.6 Å². The number of phenols is 1. The van der Waals surface area contributed by atoms with Crippen molar-refractivity contribution < 1.29 is 9.52 Å². The van der Waals surface area contributed by atoms with Crippen LogP contribution in [-0.2, 0) is 0 Å². The molecule has 1 N–H and O–H groups in total. The fourth-order valence-corrected chi connectivity index (χ4v) is 2.92. The Balaban J connectivity index is 1.67. The Morgan fingerprint density at radius 3 is 2.64 bits per heavy atom. The van der Waals surface area contributed by atoms with Crippen LogP contribution in [0.1, 0.15) is 11.3 Å². The zero-order valence-corrected chi connectivity index (χ0v) is 13.8. The maximum absolute atomic E-state index is 9.47. The number of hydrogen-bond acceptors (Lipinski definition) is 3. The van der Waals surface area contributed by atoms with E-state index in [1.807, 2.05) is 37.3 Å². The Bertz CT molecular complexity index is 1070. The normalized spacial score (nSPS) is 11.4. The summed E-state index contributed by atoms with van der Waals surface area (Å²) in [6, 6.07) is 23.4. The van der Waals surface area contributed by atoms with Crippen molar-refractivity contribution in [1.29, 1.82) is 0 Å². The molecule has 0 amide bonds. The number of aliphatic imine (C=N–C) groups is 1. The molecule has 122 valence electrons. The molecule has 0 saturated heterocycles. The average Bonchev–Trinajstić information content (AvgIpc) is 3.09. The monoisotopic (exact) mass is 327 g/mol. The van der Waals surface area contributed by atoms with E-state index in [4.69, 9.17) is 4.42 Å². The number of furan rings is 1. The molecule has 0 aliphatic carbocycles.